The van der Waals surface area contributed by atoms with Crippen molar-refractivity contribution in [1.29, 1.82) is 0 Å². The summed E-state index contributed by atoms with van der Waals surface area (Å²) < 4.78 is 13.5. The van der Waals surface area contributed by atoms with Crippen LogP contribution in [0.2, 0.25) is 0 Å². The molecule has 0 radical (unpaired) electrons. The highest BCUT2D eigenvalue weighted by Crippen LogP contribution is 2.17. The SMILES string of the molecule is CC(O)CC(C)NC(=O)c1cc([N+](=O)[O-])ccc1F. The molecule has 0 fully saturated rings. The van der Waals surface area contributed by atoms with E-state index in [-0.39, 0.29) is 17.3 Å². The van der Waals surface area contributed by atoms with Crippen LogP contribution >= 0.6 is 0 Å². The molecular formula is C12H15FN2O4. The molecular weight excluding hydrogens is 255 g/mol. The minimum atomic E-state index is -0.827. The zero-order chi connectivity index (χ0) is 14.6. The van der Waals surface area contributed by atoms with Crippen molar-refractivity contribution in [3.8, 4) is 0 Å². The Morgan fingerprint density at radius 3 is 2.68 bits per heavy atom. The molecule has 2 N–H and O–H groups in total. The average Bonchev–Trinajstić information content (AvgIpc) is 2.27. The van der Waals surface area contributed by atoms with Crippen molar-refractivity contribution in [2.24, 2.45) is 0 Å². The van der Waals surface area contributed by atoms with Crippen molar-refractivity contribution in [2.75, 3.05) is 0 Å². The first-order valence-electron chi connectivity index (χ1n) is 5.74. The van der Waals surface area contributed by atoms with Crippen molar-refractivity contribution in [3.63, 3.8) is 0 Å². The number of non-ortho nitro benzene ring substituents is 1. The zero-order valence-electron chi connectivity index (χ0n) is 10.6. The van der Waals surface area contributed by atoms with E-state index in [4.69, 9.17) is 5.11 Å². The number of nitro groups is 1. The Morgan fingerprint density at radius 2 is 2.16 bits per heavy atom. The van der Waals surface area contributed by atoms with Gasteiger partial charge in [-0.2, -0.15) is 0 Å². The predicted molar refractivity (Wildman–Crippen MR) is 66.3 cm³/mol. The van der Waals surface area contributed by atoms with Crippen LogP contribution < -0.4 is 5.32 Å². The van der Waals surface area contributed by atoms with Crippen molar-refractivity contribution < 1.29 is 19.2 Å². The van der Waals surface area contributed by atoms with Crippen LogP contribution in [0.1, 0.15) is 30.6 Å². The minimum absolute atomic E-state index is 0.308. The Kier molecular flexibility index (Phi) is 4.94. The predicted octanol–water partition coefficient (Wildman–Crippen LogP) is 1.62. The quantitative estimate of drug-likeness (QED) is 0.628. The highest BCUT2D eigenvalue weighted by atomic mass is 19.1. The van der Waals surface area contributed by atoms with Crippen LogP contribution in [0.5, 0.6) is 0 Å². The van der Waals surface area contributed by atoms with Crippen molar-refractivity contribution in [2.45, 2.75) is 32.4 Å². The van der Waals surface area contributed by atoms with E-state index in [0.29, 0.717) is 6.42 Å². The van der Waals surface area contributed by atoms with Gasteiger partial charge in [-0.05, 0) is 26.3 Å². The lowest BCUT2D eigenvalue weighted by Crippen LogP contribution is -2.35. The molecule has 0 saturated carbocycles. The largest absolute Gasteiger partial charge is 0.393 e. The number of hydrogen-bond acceptors (Lipinski definition) is 4. The number of aliphatic hydroxyl groups excluding tert-OH is 1. The van der Waals surface area contributed by atoms with Crippen molar-refractivity contribution in [1.82, 2.24) is 5.32 Å². The lowest BCUT2D eigenvalue weighted by molar-refractivity contribution is -0.384. The molecule has 7 heteroatoms. The molecule has 0 saturated heterocycles. The summed E-state index contributed by atoms with van der Waals surface area (Å²) in [4.78, 5) is 21.7. The van der Waals surface area contributed by atoms with Gasteiger partial charge in [-0.3, -0.25) is 14.9 Å². The Balaban J connectivity index is 2.87. The highest BCUT2D eigenvalue weighted by Gasteiger charge is 2.18. The number of amides is 1. The number of benzene rings is 1. The summed E-state index contributed by atoms with van der Waals surface area (Å²) >= 11 is 0. The zero-order valence-corrected chi connectivity index (χ0v) is 10.6. The van der Waals surface area contributed by atoms with E-state index in [0.717, 1.165) is 18.2 Å². The number of rotatable bonds is 5. The lowest BCUT2D eigenvalue weighted by Gasteiger charge is -2.15. The molecule has 2 unspecified atom stereocenters. The number of carbonyl (C=O) groups excluding carboxylic acids is 1. The lowest BCUT2D eigenvalue weighted by atomic mass is 10.1. The first-order valence-corrected chi connectivity index (χ1v) is 5.74. The van der Waals surface area contributed by atoms with E-state index in [2.05, 4.69) is 5.32 Å². The third-order valence-electron chi connectivity index (χ3n) is 2.48. The topological polar surface area (TPSA) is 92.5 Å². The summed E-state index contributed by atoms with van der Waals surface area (Å²) in [6.45, 7) is 3.22. The van der Waals surface area contributed by atoms with E-state index in [9.17, 15) is 19.3 Å². The maximum Gasteiger partial charge on any atom is 0.270 e. The van der Waals surface area contributed by atoms with Crippen LogP contribution in [-0.4, -0.2) is 28.1 Å². The Hall–Kier alpha value is -2.02. The fraction of sp³-hybridized carbons (Fsp3) is 0.417. The number of nitrogens with one attached hydrogen (secondary N) is 1. The smallest absolute Gasteiger partial charge is 0.270 e. The summed E-state index contributed by atoms with van der Waals surface area (Å²) in [6.07, 6.45) is -0.298. The second-order valence-electron chi connectivity index (χ2n) is 4.38. The van der Waals surface area contributed by atoms with Gasteiger partial charge in [0.2, 0.25) is 0 Å². The molecule has 19 heavy (non-hydrogen) atoms. The van der Waals surface area contributed by atoms with Gasteiger partial charge >= 0.3 is 0 Å². The number of nitrogens with zero attached hydrogens (tertiary/aromatic N) is 1. The molecule has 1 rings (SSSR count). The second kappa shape index (κ2) is 6.24. The summed E-state index contributed by atoms with van der Waals surface area (Å²) in [5, 5.41) is 22.2. The summed E-state index contributed by atoms with van der Waals surface area (Å²) in [7, 11) is 0. The molecule has 6 nitrogen and oxygen atoms in total. The normalized spacial score (nSPS) is 13.7. The number of carbonyl (C=O) groups is 1. The molecule has 0 aliphatic rings. The Morgan fingerprint density at radius 1 is 1.53 bits per heavy atom. The van der Waals surface area contributed by atoms with Gasteiger partial charge in [0.05, 0.1) is 16.6 Å². The summed E-state index contributed by atoms with van der Waals surface area (Å²) in [6, 6.07) is 2.39. The maximum atomic E-state index is 13.5. The van der Waals surface area contributed by atoms with E-state index >= 15 is 0 Å². The molecule has 0 heterocycles. The fourth-order valence-electron chi connectivity index (χ4n) is 1.67. The number of aliphatic hydroxyl groups is 1. The van der Waals surface area contributed by atoms with Gasteiger partial charge in [-0.15, -0.1) is 0 Å². The monoisotopic (exact) mass is 270 g/mol. The van der Waals surface area contributed by atoms with Gasteiger partial charge in [0.1, 0.15) is 5.82 Å². The maximum absolute atomic E-state index is 13.5. The minimum Gasteiger partial charge on any atom is -0.393 e. The molecule has 0 aliphatic heterocycles. The van der Waals surface area contributed by atoms with Crippen LogP contribution in [0.25, 0.3) is 0 Å². The van der Waals surface area contributed by atoms with Gasteiger partial charge in [0.25, 0.3) is 11.6 Å². The van der Waals surface area contributed by atoms with Gasteiger partial charge in [0, 0.05) is 18.2 Å². The van der Waals surface area contributed by atoms with Gasteiger partial charge in [-0.25, -0.2) is 4.39 Å². The van der Waals surface area contributed by atoms with Gasteiger partial charge < -0.3 is 10.4 Å². The Labute approximate surface area is 109 Å². The average molecular weight is 270 g/mol. The van der Waals surface area contributed by atoms with Crippen molar-refractivity contribution in [3.05, 3.63) is 39.7 Å². The van der Waals surface area contributed by atoms with E-state index in [1.807, 2.05) is 0 Å². The van der Waals surface area contributed by atoms with Gasteiger partial charge in [0.15, 0.2) is 0 Å². The van der Waals surface area contributed by atoms with E-state index in [1.165, 1.54) is 0 Å². The van der Waals surface area contributed by atoms with Crippen LogP contribution in [0.4, 0.5) is 10.1 Å². The number of halogens is 1. The molecule has 1 aromatic carbocycles. The van der Waals surface area contributed by atoms with Crippen LogP contribution in [0, 0.1) is 15.9 Å². The molecule has 1 amide bonds. The molecule has 0 bridgehead atoms. The van der Waals surface area contributed by atoms with Crippen LogP contribution in [-0.2, 0) is 0 Å². The summed E-state index contributed by atoms with van der Waals surface area (Å²) in [5.74, 6) is -1.57. The standard InChI is InChI=1S/C12H15FN2O4/c1-7(5-8(2)16)14-12(17)10-6-9(15(18)19)3-4-11(10)13/h3-4,6-8,16H,5H2,1-2H3,(H,14,17). The number of nitro benzene ring substituents is 1. The van der Waals surface area contributed by atoms with Crippen LogP contribution in [0.3, 0.4) is 0 Å². The third kappa shape index (κ3) is 4.29. The van der Waals surface area contributed by atoms with Crippen LogP contribution in [0.15, 0.2) is 18.2 Å². The first kappa shape index (κ1) is 15.0. The number of hydrogen-bond donors (Lipinski definition) is 2. The fourth-order valence-corrected chi connectivity index (χ4v) is 1.67. The van der Waals surface area contributed by atoms with Gasteiger partial charge in [-0.1, -0.05) is 0 Å². The second-order valence-corrected chi connectivity index (χ2v) is 4.38. The highest BCUT2D eigenvalue weighted by molar-refractivity contribution is 5.95. The first-order chi connectivity index (χ1) is 8.81. The molecule has 0 aliphatic carbocycles. The molecule has 1 aromatic rings. The molecule has 2 atom stereocenters. The Bertz CT molecular complexity index is 491. The molecule has 0 spiro atoms. The molecule has 0 aromatic heterocycles. The van der Waals surface area contributed by atoms with E-state index < -0.39 is 22.8 Å². The van der Waals surface area contributed by atoms with E-state index in [1.54, 1.807) is 13.8 Å². The van der Waals surface area contributed by atoms with Crippen molar-refractivity contribution >= 4 is 11.6 Å². The third-order valence-corrected chi connectivity index (χ3v) is 2.48. The summed E-state index contributed by atoms with van der Waals surface area (Å²) in [5.41, 5.74) is -0.735. The molecule has 104 valence electrons.